The quantitative estimate of drug-likeness (QED) is 0.771. The van der Waals surface area contributed by atoms with Crippen LogP contribution >= 0.6 is 0 Å². The lowest BCUT2D eigenvalue weighted by molar-refractivity contribution is 0.00882. The summed E-state index contributed by atoms with van der Waals surface area (Å²) in [5.74, 6) is 0. The smallest absolute Gasteiger partial charge is 0.0881 e. The van der Waals surface area contributed by atoms with Gasteiger partial charge >= 0.3 is 0 Å². The SMILES string of the molecule is CCC(C)OCC(N)(CO)c1ccccc1. The third kappa shape index (κ3) is 3.30. The van der Waals surface area contributed by atoms with E-state index in [-0.39, 0.29) is 12.7 Å². The summed E-state index contributed by atoms with van der Waals surface area (Å²) in [7, 11) is 0. The number of hydrogen-bond donors (Lipinski definition) is 2. The Balaban J connectivity index is 2.70. The second-order valence-corrected chi connectivity index (χ2v) is 4.21. The minimum absolute atomic E-state index is 0.118. The first kappa shape index (κ1) is 13.2. The molecule has 0 spiro atoms. The molecular weight excluding hydrogens is 202 g/mol. The number of rotatable bonds is 6. The first-order valence-electron chi connectivity index (χ1n) is 5.69. The van der Waals surface area contributed by atoms with Gasteiger partial charge in [-0.25, -0.2) is 0 Å². The van der Waals surface area contributed by atoms with Crippen molar-refractivity contribution < 1.29 is 9.84 Å². The molecule has 0 aliphatic carbocycles. The van der Waals surface area contributed by atoms with Gasteiger partial charge in [-0.15, -0.1) is 0 Å². The molecule has 3 nitrogen and oxygen atoms in total. The van der Waals surface area contributed by atoms with Crippen molar-refractivity contribution in [1.29, 1.82) is 0 Å². The lowest BCUT2D eigenvalue weighted by atomic mass is 9.93. The van der Waals surface area contributed by atoms with Crippen LogP contribution in [0.3, 0.4) is 0 Å². The molecule has 0 bridgehead atoms. The first-order chi connectivity index (χ1) is 7.62. The highest BCUT2D eigenvalue weighted by Crippen LogP contribution is 2.18. The van der Waals surface area contributed by atoms with Crippen molar-refractivity contribution >= 4 is 0 Å². The highest BCUT2D eigenvalue weighted by atomic mass is 16.5. The summed E-state index contributed by atoms with van der Waals surface area (Å²) < 4.78 is 5.62. The van der Waals surface area contributed by atoms with Crippen molar-refractivity contribution in [1.82, 2.24) is 0 Å². The van der Waals surface area contributed by atoms with E-state index in [0.717, 1.165) is 12.0 Å². The second kappa shape index (κ2) is 5.99. The molecule has 3 N–H and O–H groups in total. The minimum atomic E-state index is -0.801. The summed E-state index contributed by atoms with van der Waals surface area (Å²) in [4.78, 5) is 0. The highest BCUT2D eigenvalue weighted by molar-refractivity contribution is 5.24. The van der Waals surface area contributed by atoms with Gasteiger partial charge in [0.15, 0.2) is 0 Å². The van der Waals surface area contributed by atoms with E-state index in [1.807, 2.05) is 37.3 Å². The zero-order valence-corrected chi connectivity index (χ0v) is 10.0. The molecule has 1 rings (SSSR count). The Morgan fingerprint density at radius 3 is 2.50 bits per heavy atom. The van der Waals surface area contributed by atoms with E-state index in [1.165, 1.54) is 0 Å². The fourth-order valence-corrected chi connectivity index (χ4v) is 1.40. The number of nitrogens with two attached hydrogens (primary N) is 1. The van der Waals surface area contributed by atoms with Gasteiger partial charge in [0.05, 0.1) is 24.9 Å². The monoisotopic (exact) mass is 223 g/mol. The van der Waals surface area contributed by atoms with Gasteiger partial charge in [-0.2, -0.15) is 0 Å². The Labute approximate surface area is 97.2 Å². The van der Waals surface area contributed by atoms with Crippen LogP contribution in [0.15, 0.2) is 30.3 Å². The van der Waals surface area contributed by atoms with Crippen molar-refractivity contribution in [3.8, 4) is 0 Å². The van der Waals surface area contributed by atoms with Crippen LogP contribution in [0.25, 0.3) is 0 Å². The van der Waals surface area contributed by atoms with Crippen molar-refractivity contribution in [3.63, 3.8) is 0 Å². The lowest BCUT2D eigenvalue weighted by Crippen LogP contribution is -2.45. The lowest BCUT2D eigenvalue weighted by Gasteiger charge is -2.29. The summed E-state index contributed by atoms with van der Waals surface area (Å²) >= 11 is 0. The Kier molecular flexibility index (Phi) is 4.93. The number of aliphatic hydroxyl groups is 1. The van der Waals surface area contributed by atoms with Gasteiger partial charge in [0.2, 0.25) is 0 Å². The first-order valence-corrected chi connectivity index (χ1v) is 5.69. The van der Waals surface area contributed by atoms with Crippen LogP contribution < -0.4 is 5.73 Å². The fraction of sp³-hybridized carbons (Fsp3) is 0.538. The second-order valence-electron chi connectivity index (χ2n) is 4.21. The molecule has 0 fully saturated rings. The number of benzene rings is 1. The Morgan fingerprint density at radius 1 is 1.38 bits per heavy atom. The van der Waals surface area contributed by atoms with Gasteiger partial charge in [0, 0.05) is 0 Å². The van der Waals surface area contributed by atoms with Gasteiger partial charge in [-0.05, 0) is 18.9 Å². The van der Waals surface area contributed by atoms with Crippen molar-refractivity contribution in [3.05, 3.63) is 35.9 Å². The Morgan fingerprint density at radius 2 is 2.00 bits per heavy atom. The van der Waals surface area contributed by atoms with Gasteiger partial charge < -0.3 is 15.6 Å². The van der Waals surface area contributed by atoms with E-state index >= 15 is 0 Å². The average molecular weight is 223 g/mol. The van der Waals surface area contributed by atoms with E-state index in [0.29, 0.717) is 6.61 Å². The van der Waals surface area contributed by atoms with E-state index < -0.39 is 5.54 Å². The summed E-state index contributed by atoms with van der Waals surface area (Å²) in [5.41, 5.74) is 6.25. The molecule has 16 heavy (non-hydrogen) atoms. The minimum Gasteiger partial charge on any atom is -0.394 e. The van der Waals surface area contributed by atoms with E-state index in [2.05, 4.69) is 6.92 Å². The van der Waals surface area contributed by atoms with Gasteiger partial charge in [0.25, 0.3) is 0 Å². The maximum absolute atomic E-state index is 9.42. The van der Waals surface area contributed by atoms with E-state index in [9.17, 15) is 5.11 Å². The van der Waals surface area contributed by atoms with Crippen molar-refractivity contribution in [2.45, 2.75) is 31.9 Å². The molecule has 1 aromatic carbocycles. The topological polar surface area (TPSA) is 55.5 Å². The predicted molar refractivity (Wildman–Crippen MR) is 65.1 cm³/mol. The fourth-order valence-electron chi connectivity index (χ4n) is 1.40. The normalized spacial score (nSPS) is 16.8. The standard InChI is InChI=1S/C13H21NO2/c1-3-11(2)16-10-13(14,9-15)12-7-5-4-6-8-12/h4-8,11,15H,3,9-10,14H2,1-2H3. The summed E-state index contributed by atoms with van der Waals surface area (Å²) in [6, 6.07) is 9.58. The summed E-state index contributed by atoms with van der Waals surface area (Å²) in [5, 5.41) is 9.42. The zero-order valence-electron chi connectivity index (χ0n) is 10.0. The maximum Gasteiger partial charge on any atom is 0.0881 e. The summed E-state index contributed by atoms with van der Waals surface area (Å²) in [6.45, 7) is 4.28. The molecule has 0 saturated carbocycles. The molecule has 0 amide bonds. The third-order valence-corrected chi connectivity index (χ3v) is 2.83. The molecule has 0 aliphatic rings. The van der Waals surface area contributed by atoms with Crippen LogP contribution in [-0.4, -0.2) is 24.4 Å². The van der Waals surface area contributed by atoms with E-state index in [4.69, 9.17) is 10.5 Å². The molecule has 2 unspecified atom stereocenters. The highest BCUT2D eigenvalue weighted by Gasteiger charge is 2.27. The van der Waals surface area contributed by atoms with Crippen LogP contribution in [0.1, 0.15) is 25.8 Å². The van der Waals surface area contributed by atoms with Gasteiger partial charge in [0.1, 0.15) is 0 Å². The molecule has 90 valence electrons. The number of aliphatic hydroxyl groups excluding tert-OH is 1. The van der Waals surface area contributed by atoms with Crippen LogP contribution in [0.2, 0.25) is 0 Å². The van der Waals surface area contributed by atoms with Crippen LogP contribution in [-0.2, 0) is 10.3 Å². The van der Waals surface area contributed by atoms with Crippen LogP contribution in [0, 0.1) is 0 Å². The molecule has 3 heteroatoms. The Bertz CT molecular complexity index is 302. The van der Waals surface area contributed by atoms with Gasteiger partial charge in [-0.3, -0.25) is 0 Å². The molecule has 0 aromatic heterocycles. The molecule has 0 radical (unpaired) electrons. The summed E-state index contributed by atoms with van der Waals surface area (Å²) in [6.07, 6.45) is 1.11. The molecule has 0 heterocycles. The maximum atomic E-state index is 9.42. The van der Waals surface area contributed by atoms with E-state index in [1.54, 1.807) is 0 Å². The number of hydrogen-bond acceptors (Lipinski definition) is 3. The molecular formula is C13H21NO2. The number of ether oxygens (including phenoxy) is 1. The molecule has 2 atom stereocenters. The average Bonchev–Trinajstić information content (AvgIpc) is 2.36. The van der Waals surface area contributed by atoms with Crippen molar-refractivity contribution in [2.24, 2.45) is 5.73 Å². The Hall–Kier alpha value is -0.900. The molecule has 1 aromatic rings. The largest absolute Gasteiger partial charge is 0.394 e. The zero-order chi connectivity index (χ0) is 12.0. The van der Waals surface area contributed by atoms with Crippen LogP contribution in [0.5, 0.6) is 0 Å². The molecule has 0 aliphatic heterocycles. The third-order valence-electron chi connectivity index (χ3n) is 2.83. The van der Waals surface area contributed by atoms with Crippen LogP contribution in [0.4, 0.5) is 0 Å². The van der Waals surface area contributed by atoms with Gasteiger partial charge in [-0.1, -0.05) is 37.3 Å². The molecule has 0 saturated heterocycles. The van der Waals surface area contributed by atoms with Crippen molar-refractivity contribution in [2.75, 3.05) is 13.2 Å². The predicted octanol–water partition coefficient (Wildman–Crippen LogP) is 1.65.